The molecule has 0 aliphatic carbocycles. The van der Waals surface area contributed by atoms with Crippen molar-refractivity contribution in [1.82, 2.24) is 0 Å². The standard InChI is InChI=1S/C10H20O3Si/c1-6-8-10(13-9(11)7-2)14(4,5)12-3/h7,10H,2,6,8H2,1,3-5H3. The van der Waals surface area contributed by atoms with Gasteiger partial charge >= 0.3 is 5.97 Å². The van der Waals surface area contributed by atoms with Crippen molar-refractivity contribution >= 4 is 14.3 Å². The van der Waals surface area contributed by atoms with Crippen LogP contribution in [0.25, 0.3) is 0 Å². The molecule has 0 aromatic carbocycles. The van der Waals surface area contributed by atoms with E-state index in [4.69, 9.17) is 9.16 Å². The Morgan fingerprint density at radius 3 is 2.50 bits per heavy atom. The second kappa shape index (κ2) is 5.98. The Morgan fingerprint density at radius 2 is 2.14 bits per heavy atom. The summed E-state index contributed by atoms with van der Waals surface area (Å²) in [6.45, 7) is 9.54. The molecule has 0 amide bonds. The average Bonchev–Trinajstić information content (AvgIpc) is 2.17. The number of carbonyl (C=O) groups is 1. The van der Waals surface area contributed by atoms with Crippen LogP contribution in [-0.2, 0) is 14.0 Å². The highest BCUT2D eigenvalue weighted by Crippen LogP contribution is 2.17. The molecular weight excluding hydrogens is 196 g/mol. The maximum Gasteiger partial charge on any atom is 0.330 e. The van der Waals surface area contributed by atoms with Crippen molar-refractivity contribution in [3.63, 3.8) is 0 Å². The third kappa shape index (κ3) is 4.06. The lowest BCUT2D eigenvalue weighted by Gasteiger charge is -2.29. The van der Waals surface area contributed by atoms with E-state index in [9.17, 15) is 4.79 Å². The quantitative estimate of drug-likeness (QED) is 0.388. The zero-order chi connectivity index (χ0) is 11.2. The Balaban J connectivity index is 4.42. The van der Waals surface area contributed by atoms with E-state index in [2.05, 4.69) is 13.5 Å². The van der Waals surface area contributed by atoms with E-state index >= 15 is 0 Å². The van der Waals surface area contributed by atoms with E-state index in [0.717, 1.165) is 12.8 Å². The normalized spacial score (nSPS) is 13.4. The van der Waals surface area contributed by atoms with E-state index in [1.54, 1.807) is 7.11 Å². The molecule has 0 saturated heterocycles. The molecule has 0 aromatic heterocycles. The Hall–Kier alpha value is -0.613. The monoisotopic (exact) mass is 216 g/mol. The van der Waals surface area contributed by atoms with Gasteiger partial charge in [-0.25, -0.2) is 4.79 Å². The minimum atomic E-state index is -1.90. The fourth-order valence-corrected chi connectivity index (χ4v) is 2.78. The SMILES string of the molecule is C=CC(=O)OC(CCC)[Si](C)(C)OC. The van der Waals surface area contributed by atoms with Crippen LogP contribution in [0.4, 0.5) is 0 Å². The van der Waals surface area contributed by atoms with E-state index < -0.39 is 8.32 Å². The Labute approximate surface area is 87.2 Å². The molecule has 0 aliphatic heterocycles. The van der Waals surface area contributed by atoms with Crippen molar-refractivity contribution in [3.05, 3.63) is 12.7 Å². The maximum atomic E-state index is 11.1. The molecule has 0 radical (unpaired) electrons. The number of hydrogen-bond acceptors (Lipinski definition) is 3. The minimum Gasteiger partial charge on any atom is -0.460 e. The average molecular weight is 216 g/mol. The van der Waals surface area contributed by atoms with Crippen LogP contribution in [0.15, 0.2) is 12.7 Å². The summed E-state index contributed by atoms with van der Waals surface area (Å²) >= 11 is 0. The van der Waals surface area contributed by atoms with Crippen molar-refractivity contribution in [2.45, 2.75) is 38.6 Å². The number of rotatable bonds is 6. The van der Waals surface area contributed by atoms with Gasteiger partial charge in [-0.05, 0) is 19.5 Å². The Morgan fingerprint density at radius 1 is 1.57 bits per heavy atom. The van der Waals surface area contributed by atoms with E-state index in [0.29, 0.717) is 0 Å². The first-order chi connectivity index (χ1) is 6.47. The molecule has 0 spiro atoms. The van der Waals surface area contributed by atoms with Gasteiger partial charge in [-0.2, -0.15) is 0 Å². The molecule has 0 fully saturated rings. The lowest BCUT2D eigenvalue weighted by molar-refractivity contribution is -0.140. The second-order valence-electron chi connectivity index (χ2n) is 3.73. The summed E-state index contributed by atoms with van der Waals surface area (Å²) in [6, 6.07) is 0. The molecule has 82 valence electrons. The number of carbonyl (C=O) groups excluding carboxylic acids is 1. The first-order valence-electron chi connectivity index (χ1n) is 4.86. The van der Waals surface area contributed by atoms with Gasteiger partial charge in [-0.15, -0.1) is 0 Å². The molecule has 0 aliphatic rings. The fraction of sp³-hybridized carbons (Fsp3) is 0.700. The van der Waals surface area contributed by atoms with Crippen LogP contribution in [0.5, 0.6) is 0 Å². The molecule has 4 heteroatoms. The lowest BCUT2D eigenvalue weighted by Crippen LogP contribution is -2.46. The molecule has 0 saturated carbocycles. The summed E-state index contributed by atoms with van der Waals surface area (Å²) < 4.78 is 10.7. The smallest absolute Gasteiger partial charge is 0.330 e. The van der Waals surface area contributed by atoms with Gasteiger partial charge in [0.1, 0.15) is 5.73 Å². The van der Waals surface area contributed by atoms with Crippen molar-refractivity contribution < 1.29 is 14.0 Å². The van der Waals surface area contributed by atoms with Crippen LogP contribution in [-0.4, -0.2) is 27.1 Å². The molecule has 0 heterocycles. The summed E-state index contributed by atoms with van der Waals surface area (Å²) in [7, 11) is -0.220. The van der Waals surface area contributed by atoms with Crippen LogP contribution in [0, 0.1) is 0 Å². The maximum absolute atomic E-state index is 11.1. The molecule has 1 unspecified atom stereocenters. The van der Waals surface area contributed by atoms with E-state index in [1.807, 2.05) is 13.1 Å². The van der Waals surface area contributed by atoms with Gasteiger partial charge < -0.3 is 9.16 Å². The summed E-state index contributed by atoms with van der Waals surface area (Å²) in [5.41, 5.74) is -0.0806. The molecule has 0 N–H and O–H groups in total. The molecule has 1 atom stereocenters. The Kier molecular flexibility index (Phi) is 5.72. The third-order valence-electron chi connectivity index (χ3n) is 2.28. The fourth-order valence-electron chi connectivity index (χ4n) is 1.13. The van der Waals surface area contributed by atoms with Crippen LogP contribution >= 0.6 is 0 Å². The van der Waals surface area contributed by atoms with Crippen LogP contribution in [0.1, 0.15) is 19.8 Å². The number of esters is 1. The van der Waals surface area contributed by atoms with Gasteiger partial charge in [0, 0.05) is 13.2 Å². The summed E-state index contributed by atoms with van der Waals surface area (Å²) in [4.78, 5) is 11.1. The van der Waals surface area contributed by atoms with E-state index in [-0.39, 0.29) is 11.7 Å². The van der Waals surface area contributed by atoms with Crippen molar-refractivity contribution in [3.8, 4) is 0 Å². The highest BCUT2D eigenvalue weighted by Gasteiger charge is 2.34. The third-order valence-corrected chi connectivity index (χ3v) is 5.29. The zero-order valence-corrected chi connectivity index (χ0v) is 10.5. The van der Waals surface area contributed by atoms with Gasteiger partial charge in [-0.3, -0.25) is 0 Å². The van der Waals surface area contributed by atoms with Gasteiger partial charge in [0.15, 0.2) is 0 Å². The first-order valence-corrected chi connectivity index (χ1v) is 7.84. The lowest BCUT2D eigenvalue weighted by atomic mass is 10.3. The summed E-state index contributed by atoms with van der Waals surface area (Å²) in [5.74, 6) is -0.360. The van der Waals surface area contributed by atoms with Crippen molar-refractivity contribution in [2.75, 3.05) is 7.11 Å². The number of ether oxygens (including phenoxy) is 1. The second-order valence-corrected chi connectivity index (χ2v) is 7.99. The van der Waals surface area contributed by atoms with E-state index in [1.165, 1.54) is 6.08 Å². The van der Waals surface area contributed by atoms with Crippen LogP contribution in [0.2, 0.25) is 13.1 Å². The Bertz CT molecular complexity index is 202. The molecule has 0 aromatic rings. The predicted octanol–water partition coefficient (Wildman–Crippen LogP) is 2.28. The van der Waals surface area contributed by atoms with Crippen LogP contribution < -0.4 is 0 Å². The highest BCUT2D eigenvalue weighted by atomic mass is 28.4. The van der Waals surface area contributed by atoms with Gasteiger partial charge in [0.25, 0.3) is 0 Å². The molecular formula is C10H20O3Si. The molecule has 0 rings (SSSR count). The van der Waals surface area contributed by atoms with Crippen LogP contribution in [0.3, 0.4) is 0 Å². The van der Waals surface area contributed by atoms with Crippen molar-refractivity contribution in [1.29, 1.82) is 0 Å². The van der Waals surface area contributed by atoms with Gasteiger partial charge in [-0.1, -0.05) is 19.9 Å². The highest BCUT2D eigenvalue weighted by molar-refractivity contribution is 6.72. The van der Waals surface area contributed by atoms with Gasteiger partial charge in [0.2, 0.25) is 8.32 Å². The minimum absolute atomic E-state index is 0.0806. The van der Waals surface area contributed by atoms with Gasteiger partial charge in [0.05, 0.1) is 0 Å². The zero-order valence-electron chi connectivity index (χ0n) is 9.50. The summed E-state index contributed by atoms with van der Waals surface area (Å²) in [6.07, 6.45) is 3.03. The predicted molar refractivity (Wildman–Crippen MR) is 59.5 cm³/mol. The molecule has 14 heavy (non-hydrogen) atoms. The van der Waals surface area contributed by atoms with Crippen molar-refractivity contribution in [2.24, 2.45) is 0 Å². The molecule has 0 bridgehead atoms. The number of hydrogen-bond donors (Lipinski definition) is 0. The molecule has 3 nitrogen and oxygen atoms in total. The topological polar surface area (TPSA) is 35.5 Å². The first kappa shape index (κ1) is 13.4. The summed E-state index contributed by atoms with van der Waals surface area (Å²) in [5, 5.41) is 0. The largest absolute Gasteiger partial charge is 0.460 e.